The van der Waals surface area contributed by atoms with E-state index in [1.165, 1.54) is 19.3 Å². The van der Waals surface area contributed by atoms with Crippen molar-refractivity contribution in [2.45, 2.75) is 38.1 Å². The van der Waals surface area contributed by atoms with Crippen molar-refractivity contribution in [3.63, 3.8) is 0 Å². The number of carbonyl (C=O) groups excluding carboxylic acids is 2. The summed E-state index contributed by atoms with van der Waals surface area (Å²) >= 11 is 0. The molecule has 1 aliphatic carbocycles. The lowest BCUT2D eigenvalue weighted by Gasteiger charge is -2.34. The van der Waals surface area contributed by atoms with E-state index >= 15 is 0 Å². The third kappa shape index (κ3) is 3.35. The molecule has 1 aliphatic heterocycles. The van der Waals surface area contributed by atoms with Crippen LogP contribution in [0.25, 0.3) is 0 Å². The Morgan fingerprint density at radius 2 is 1.71 bits per heavy atom. The van der Waals surface area contributed by atoms with Crippen LogP contribution in [0.2, 0.25) is 0 Å². The number of hydrogen-bond acceptors (Lipinski definition) is 2. The van der Waals surface area contributed by atoms with Gasteiger partial charge < -0.3 is 15.1 Å². The lowest BCUT2D eigenvalue weighted by Crippen LogP contribution is -2.53. The fourth-order valence-corrected chi connectivity index (χ4v) is 2.54. The molecule has 0 aromatic carbocycles. The minimum Gasteiger partial charge on any atom is -0.342 e. The Morgan fingerprint density at radius 3 is 2.29 bits per heavy atom. The predicted molar refractivity (Wildman–Crippen MR) is 64.6 cm³/mol. The van der Waals surface area contributed by atoms with Gasteiger partial charge in [0.05, 0.1) is 0 Å². The maximum Gasteiger partial charge on any atom is 0.317 e. The molecule has 0 unspecified atom stereocenters. The molecule has 2 fully saturated rings. The summed E-state index contributed by atoms with van der Waals surface area (Å²) in [5.74, 6) is 0. The van der Waals surface area contributed by atoms with Gasteiger partial charge in [0.1, 0.15) is 0 Å². The summed E-state index contributed by atoms with van der Waals surface area (Å²) in [6.07, 6.45) is 6.83. The third-order valence-electron chi connectivity index (χ3n) is 3.68. The van der Waals surface area contributed by atoms with Crippen molar-refractivity contribution < 1.29 is 9.59 Å². The van der Waals surface area contributed by atoms with Gasteiger partial charge in [-0.15, -0.1) is 0 Å². The maximum absolute atomic E-state index is 12.0. The minimum atomic E-state index is 0.0439. The summed E-state index contributed by atoms with van der Waals surface area (Å²) in [7, 11) is 0. The molecule has 1 saturated carbocycles. The minimum absolute atomic E-state index is 0.0439. The molecular weight excluding hydrogens is 218 g/mol. The number of amides is 3. The molecule has 1 saturated heterocycles. The van der Waals surface area contributed by atoms with Crippen LogP contribution >= 0.6 is 0 Å². The molecule has 2 aliphatic rings. The van der Waals surface area contributed by atoms with Gasteiger partial charge in [-0.25, -0.2) is 4.79 Å². The van der Waals surface area contributed by atoms with Crippen molar-refractivity contribution in [1.82, 2.24) is 15.1 Å². The first-order chi connectivity index (χ1) is 8.29. The SMILES string of the molecule is O=CN1CCN(C(=O)NC2CCCCC2)CC1. The predicted octanol–water partition coefficient (Wildman–Crippen LogP) is 0.803. The number of nitrogens with zero attached hydrogens (tertiary/aromatic N) is 2. The molecule has 96 valence electrons. The Bertz CT molecular complexity index is 269. The van der Waals surface area contributed by atoms with Crippen LogP contribution in [0.5, 0.6) is 0 Å². The highest BCUT2D eigenvalue weighted by Gasteiger charge is 2.22. The van der Waals surface area contributed by atoms with Gasteiger partial charge in [-0.05, 0) is 12.8 Å². The molecule has 1 N–H and O–H groups in total. The van der Waals surface area contributed by atoms with E-state index in [2.05, 4.69) is 5.32 Å². The zero-order chi connectivity index (χ0) is 12.1. The first-order valence-corrected chi connectivity index (χ1v) is 6.54. The van der Waals surface area contributed by atoms with Gasteiger partial charge in [0.2, 0.25) is 6.41 Å². The average molecular weight is 239 g/mol. The van der Waals surface area contributed by atoms with Crippen LogP contribution < -0.4 is 5.32 Å². The number of hydrogen-bond donors (Lipinski definition) is 1. The van der Waals surface area contributed by atoms with Crippen LogP contribution in [0.15, 0.2) is 0 Å². The molecule has 0 atom stereocenters. The second-order valence-electron chi connectivity index (χ2n) is 4.91. The van der Waals surface area contributed by atoms with Crippen LogP contribution in [0.3, 0.4) is 0 Å². The summed E-state index contributed by atoms with van der Waals surface area (Å²) < 4.78 is 0. The number of urea groups is 1. The van der Waals surface area contributed by atoms with E-state index in [1.54, 1.807) is 4.90 Å². The normalized spacial score (nSPS) is 22.4. The van der Waals surface area contributed by atoms with Gasteiger partial charge in [-0.2, -0.15) is 0 Å². The zero-order valence-electron chi connectivity index (χ0n) is 10.2. The van der Waals surface area contributed by atoms with Gasteiger partial charge in [-0.3, -0.25) is 4.79 Å². The van der Waals surface area contributed by atoms with Crippen molar-refractivity contribution in [2.75, 3.05) is 26.2 Å². The summed E-state index contributed by atoms with van der Waals surface area (Å²) in [5.41, 5.74) is 0. The van der Waals surface area contributed by atoms with Crippen LogP contribution in [0.4, 0.5) is 4.79 Å². The highest BCUT2D eigenvalue weighted by atomic mass is 16.2. The highest BCUT2D eigenvalue weighted by Crippen LogP contribution is 2.17. The van der Waals surface area contributed by atoms with E-state index < -0.39 is 0 Å². The number of carbonyl (C=O) groups is 2. The van der Waals surface area contributed by atoms with Gasteiger partial charge >= 0.3 is 6.03 Å². The lowest BCUT2D eigenvalue weighted by molar-refractivity contribution is -0.119. The van der Waals surface area contributed by atoms with E-state index in [-0.39, 0.29) is 6.03 Å². The second kappa shape index (κ2) is 5.89. The van der Waals surface area contributed by atoms with Crippen molar-refractivity contribution in [2.24, 2.45) is 0 Å². The van der Waals surface area contributed by atoms with E-state index in [0.717, 1.165) is 19.3 Å². The zero-order valence-corrected chi connectivity index (χ0v) is 10.2. The molecule has 2 rings (SSSR count). The van der Waals surface area contributed by atoms with E-state index in [0.29, 0.717) is 32.2 Å². The first kappa shape index (κ1) is 12.2. The van der Waals surface area contributed by atoms with Crippen molar-refractivity contribution in [3.05, 3.63) is 0 Å². The topological polar surface area (TPSA) is 52.7 Å². The molecule has 0 radical (unpaired) electrons. The molecular formula is C12H21N3O2. The smallest absolute Gasteiger partial charge is 0.317 e. The standard InChI is InChI=1S/C12H21N3O2/c16-10-14-6-8-15(9-7-14)12(17)13-11-4-2-1-3-5-11/h10-11H,1-9H2,(H,13,17). The Hall–Kier alpha value is -1.26. The van der Waals surface area contributed by atoms with Crippen molar-refractivity contribution in [3.8, 4) is 0 Å². The van der Waals surface area contributed by atoms with E-state index in [1.807, 2.05) is 4.90 Å². The largest absolute Gasteiger partial charge is 0.342 e. The van der Waals surface area contributed by atoms with Gasteiger partial charge in [-0.1, -0.05) is 19.3 Å². The molecule has 5 heteroatoms. The van der Waals surface area contributed by atoms with Gasteiger partial charge in [0.25, 0.3) is 0 Å². The number of rotatable bonds is 2. The molecule has 5 nitrogen and oxygen atoms in total. The number of piperazine rings is 1. The monoisotopic (exact) mass is 239 g/mol. The van der Waals surface area contributed by atoms with Crippen molar-refractivity contribution >= 4 is 12.4 Å². The Balaban J connectivity index is 1.74. The quantitative estimate of drug-likeness (QED) is 0.725. The van der Waals surface area contributed by atoms with Crippen LogP contribution in [0, 0.1) is 0 Å². The van der Waals surface area contributed by atoms with E-state index in [4.69, 9.17) is 0 Å². The summed E-state index contributed by atoms with van der Waals surface area (Å²) in [6.45, 7) is 2.61. The Labute approximate surface area is 102 Å². The Kier molecular flexibility index (Phi) is 4.23. The van der Waals surface area contributed by atoms with Gasteiger partial charge in [0.15, 0.2) is 0 Å². The summed E-state index contributed by atoms with van der Waals surface area (Å²) in [5, 5.41) is 3.10. The molecule has 0 aromatic rings. The van der Waals surface area contributed by atoms with Crippen LogP contribution in [-0.2, 0) is 4.79 Å². The average Bonchev–Trinajstić information content (AvgIpc) is 2.40. The fraction of sp³-hybridized carbons (Fsp3) is 0.833. The molecule has 17 heavy (non-hydrogen) atoms. The van der Waals surface area contributed by atoms with Crippen LogP contribution in [-0.4, -0.2) is 54.5 Å². The molecule has 1 heterocycles. The highest BCUT2D eigenvalue weighted by molar-refractivity contribution is 5.74. The first-order valence-electron chi connectivity index (χ1n) is 6.54. The summed E-state index contributed by atoms with van der Waals surface area (Å²) in [4.78, 5) is 26.1. The molecule has 0 spiro atoms. The Morgan fingerprint density at radius 1 is 1.06 bits per heavy atom. The molecule has 0 bridgehead atoms. The van der Waals surface area contributed by atoms with Crippen molar-refractivity contribution in [1.29, 1.82) is 0 Å². The third-order valence-corrected chi connectivity index (χ3v) is 3.68. The van der Waals surface area contributed by atoms with Gasteiger partial charge in [0, 0.05) is 32.2 Å². The summed E-state index contributed by atoms with van der Waals surface area (Å²) in [6, 6.07) is 0.405. The van der Waals surface area contributed by atoms with Crippen LogP contribution in [0.1, 0.15) is 32.1 Å². The molecule has 3 amide bonds. The lowest BCUT2D eigenvalue weighted by atomic mass is 9.96. The number of nitrogens with one attached hydrogen (secondary N) is 1. The fourth-order valence-electron chi connectivity index (χ4n) is 2.54. The molecule has 0 aromatic heterocycles. The maximum atomic E-state index is 12.0. The van der Waals surface area contributed by atoms with E-state index in [9.17, 15) is 9.59 Å². The second-order valence-corrected chi connectivity index (χ2v) is 4.91.